The molecule has 5 nitrogen and oxygen atoms in total. The van der Waals surface area contributed by atoms with Crippen LogP contribution in [0.2, 0.25) is 5.02 Å². The molecule has 0 saturated carbocycles. The molecule has 2 rings (SSSR count). The number of amides is 1. The van der Waals surface area contributed by atoms with E-state index in [-0.39, 0.29) is 5.69 Å². The molecule has 0 spiro atoms. The molecule has 1 amide bonds. The Morgan fingerprint density at radius 3 is 2.54 bits per heavy atom. The summed E-state index contributed by atoms with van der Waals surface area (Å²) in [7, 11) is -3.84. The van der Waals surface area contributed by atoms with Gasteiger partial charge in [-0.25, -0.2) is 12.8 Å². The van der Waals surface area contributed by atoms with Crippen LogP contribution in [0.4, 0.5) is 15.8 Å². The van der Waals surface area contributed by atoms with E-state index in [4.69, 9.17) is 11.6 Å². The number of sulfonamides is 1. The highest BCUT2D eigenvalue weighted by Crippen LogP contribution is 2.23. The van der Waals surface area contributed by atoms with Gasteiger partial charge in [0, 0.05) is 10.7 Å². The highest BCUT2D eigenvalue weighted by atomic mass is 35.5. The van der Waals surface area contributed by atoms with Crippen LogP contribution >= 0.6 is 11.6 Å². The van der Waals surface area contributed by atoms with Crippen molar-refractivity contribution in [3.05, 3.63) is 58.9 Å². The number of rotatable bonds is 5. The number of nitrogens with zero attached hydrogens (tertiary/aromatic N) is 1. The first-order valence-corrected chi connectivity index (χ1v) is 9.19. The second-order valence-electron chi connectivity index (χ2n) is 5.23. The molecule has 0 radical (unpaired) electrons. The zero-order chi connectivity index (χ0) is 17.9. The van der Waals surface area contributed by atoms with Crippen LogP contribution in [0.15, 0.2) is 42.5 Å². The number of benzene rings is 2. The molecule has 128 valence electrons. The van der Waals surface area contributed by atoms with Gasteiger partial charge in [-0.05, 0) is 36.8 Å². The van der Waals surface area contributed by atoms with Gasteiger partial charge >= 0.3 is 0 Å². The molecular weight excluding hydrogens is 355 g/mol. The number of carbonyl (C=O) groups excluding carboxylic acids is 1. The Hall–Kier alpha value is -2.12. The maximum atomic E-state index is 13.9. The number of hydrogen-bond acceptors (Lipinski definition) is 3. The molecule has 24 heavy (non-hydrogen) atoms. The Bertz CT molecular complexity index is 871. The van der Waals surface area contributed by atoms with Crippen molar-refractivity contribution in [3.63, 3.8) is 0 Å². The van der Waals surface area contributed by atoms with E-state index in [0.29, 0.717) is 10.7 Å². The quantitative estimate of drug-likeness (QED) is 0.878. The first-order chi connectivity index (χ1) is 11.2. The lowest BCUT2D eigenvalue weighted by Crippen LogP contribution is -2.38. The molecule has 0 aliphatic heterocycles. The van der Waals surface area contributed by atoms with Crippen molar-refractivity contribution in [2.75, 3.05) is 22.4 Å². The lowest BCUT2D eigenvalue weighted by Gasteiger charge is -2.22. The number of halogens is 2. The number of nitrogens with one attached hydrogen (secondary N) is 1. The summed E-state index contributed by atoms with van der Waals surface area (Å²) in [5.74, 6) is -1.33. The molecule has 0 fully saturated rings. The molecule has 0 unspecified atom stereocenters. The highest BCUT2D eigenvalue weighted by Gasteiger charge is 2.23. The van der Waals surface area contributed by atoms with E-state index in [1.165, 1.54) is 18.2 Å². The number of anilines is 2. The summed E-state index contributed by atoms with van der Waals surface area (Å²) in [6.07, 6.45) is 0.914. The summed E-state index contributed by atoms with van der Waals surface area (Å²) in [5, 5.41) is 3.03. The Balaban J connectivity index is 2.26. The lowest BCUT2D eigenvalue weighted by molar-refractivity contribution is -0.114. The van der Waals surface area contributed by atoms with Crippen molar-refractivity contribution in [3.8, 4) is 0 Å². The second kappa shape index (κ2) is 7.19. The number of hydrogen-bond donors (Lipinski definition) is 1. The highest BCUT2D eigenvalue weighted by molar-refractivity contribution is 7.92. The number of aryl methyl sites for hydroxylation is 1. The van der Waals surface area contributed by atoms with Crippen LogP contribution in [-0.2, 0) is 14.8 Å². The average molecular weight is 371 g/mol. The van der Waals surface area contributed by atoms with Gasteiger partial charge in [0.15, 0.2) is 0 Å². The van der Waals surface area contributed by atoms with Gasteiger partial charge in [0.2, 0.25) is 15.9 Å². The van der Waals surface area contributed by atoms with Crippen molar-refractivity contribution >= 4 is 38.9 Å². The Morgan fingerprint density at radius 2 is 1.92 bits per heavy atom. The van der Waals surface area contributed by atoms with Crippen molar-refractivity contribution in [1.82, 2.24) is 0 Å². The SMILES string of the molecule is Cc1ccc(Cl)cc1NC(=O)CN(c1ccccc1F)S(C)(=O)=O. The van der Waals surface area contributed by atoms with E-state index < -0.39 is 28.3 Å². The third kappa shape index (κ3) is 4.46. The van der Waals surface area contributed by atoms with Gasteiger partial charge in [-0.3, -0.25) is 9.10 Å². The number of para-hydroxylation sites is 1. The second-order valence-corrected chi connectivity index (χ2v) is 7.57. The molecule has 0 saturated heterocycles. The third-order valence-electron chi connectivity index (χ3n) is 3.28. The summed E-state index contributed by atoms with van der Waals surface area (Å²) in [4.78, 5) is 12.2. The van der Waals surface area contributed by atoms with Crippen molar-refractivity contribution in [1.29, 1.82) is 0 Å². The normalized spacial score (nSPS) is 11.2. The van der Waals surface area contributed by atoms with Crippen molar-refractivity contribution in [2.45, 2.75) is 6.92 Å². The van der Waals surface area contributed by atoms with Gasteiger partial charge in [-0.2, -0.15) is 0 Å². The van der Waals surface area contributed by atoms with E-state index in [1.807, 2.05) is 0 Å². The minimum Gasteiger partial charge on any atom is -0.324 e. The Labute approximate surface area is 145 Å². The Morgan fingerprint density at radius 1 is 1.25 bits per heavy atom. The van der Waals surface area contributed by atoms with Gasteiger partial charge in [0.1, 0.15) is 12.4 Å². The predicted molar refractivity (Wildman–Crippen MR) is 93.4 cm³/mol. The van der Waals surface area contributed by atoms with Crippen molar-refractivity contribution in [2.24, 2.45) is 0 Å². The van der Waals surface area contributed by atoms with Crippen LogP contribution in [0.5, 0.6) is 0 Å². The standard InChI is InChI=1S/C16H16ClFN2O3S/c1-11-7-8-12(17)9-14(11)19-16(21)10-20(24(2,22)23)15-6-4-3-5-13(15)18/h3-9H,10H2,1-2H3,(H,19,21). The van der Waals surface area contributed by atoms with E-state index in [0.717, 1.165) is 22.2 Å². The summed E-state index contributed by atoms with van der Waals surface area (Å²) in [6.45, 7) is 1.23. The van der Waals surface area contributed by atoms with E-state index in [1.54, 1.807) is 25.1 Å². The van der Waals surface area contributed by atoms with Crippen LogP contribution < -0.4 is 9.62 Å². The molecule has 1 N–H and O–H groups in total. The summed E-state index contributed by atoms with van der Waals surface area (Å²) in [5.41, 5.74) is 1.05. The topological polar surface area (TPSA) is 66.5 Å². The monoisotopic (exact) mass is 370 g/mol. The minimum atomic E-state index is -3.84. The van der Waals surface area contributed by atoms with Gasteiger partial charge < -0.3 is 5.32 Å². The van der Waals surface area contributed by atoms with Crippen LogP contribution in [0.25, 0.3) is 0 Å². The molecular formula is C16H16ClFN2O3S. The maximum Gasteiger partial charge on any atom is 0.245 e. The molecule has 0 aromatic heterocycles. The van der Waals surface area contributed by atoms with Gasteiger partial charge in [0.05, 0.1) is 11.9 Å². The summed E-state index contributed by atoms with van der Waals surface area (Å²) in [6, 6.07) is 10.3. The van der Waals surface area contributed by atoms with Crippen LogP contribution in [0.1, 0.15) is 5.56 Å². The smallest absolute Gasteiger partial charge is 0.245 e. The largest absolute Gasteiger partial charge is 0.324 e. The van der Waals surface area contributed by atoms with Gasteiger partial charge in [0.25, 0.3) is 0 Å². The summed E-state index contributed by atoms with van der Waals surface area (Å²) >= 11 is 5.89. The van der Waals surface area contributed by atoms with Gasteiger partial charge in [-0.1, -0.05) is 29.8 Å². The lowest BCUT2D eigenvalue weighted by atomic mass is 10.2. The van der Waals surface area contributed by atoms with Crippen LogP contribution in [0.3, 0.4) is 0 Å². The first kappa shape index (κ1) is 18.2. The van der Waals surface area contributed by atoms with E-state index in [2.05, 4.69) is 5.32 Å². The van der Waals surface area contributed by atoms with Crippen LogP contribution in [-0.4, -0.2) is 27.1 Å². The average Bonchev–Trinajstić information content (AvgIpc) is 2.48. The fourth-order valence-electron chi connectivity index (χ4n) is 2.08. The molecule has 8 heteroatoms. The van der Waals surface area contributed by atoms with E-state index >= 15 is 0 Å². The van der Waals surface area contributed by atoms with E-state index in [9.17, 15) is 17.6 Å². The molecule has 0 aliphatic rings. The zero-order valence-corrected chi connectivity index (χ0v) is 14.7. The fourth-order valence-corrected chi connectivity index (χ4v) is 3.11. The summed E-state index contributed by atoms with van der Waals surface area (Å²) < 4.78 is 38.5. The van der Waals surface area contributed by atoms with Crippen LogP contribution in [0, 0.1) is 12.7 Å². The van der Waals surface area contributed by atoms with Gasteiger partial charge in [-0.15, -0.1) is 0 Å². The molecule has 2 aromatic carbocycles. The zero-order valence-electron chi connectivity index (χ0n) is 13.1. The third-order valence-corrected chi connectivity index (χ3v) is 4.64. The molecule has 0 atom stereocenters. The Kier molecular flexibility index (Phi) is 5.46. The molecule has 0 bridgehead atoms. The fraction of sp³-hybridized carbons (Fsp3) is 0.188. The maximum absolute atomic E-state index is 13.9. The molecule has 0 aliphatic carbocycles. The predicted octanol–water partition coefficient (Wildman–Crippen LogP) is 3.19. The van der Waals surface area contributed by atoms with Crippen molar-refractivity contribution < 1.29 is 17.6 Å². The molecule has 2 aromatic rings. The first-order valence-electron chi connectivity index (χ1n) is 6.97. The number of carbonyl (C=O) groups is 1. The minimum absolute atomic E-state index is 0.182. The molecule has 0 heterocycles.